The molecule has 0 aliphatic carbocycles. The lowest BCUT2D eigenvalue weighted by atomic mass is 10.1. The van der Waals surface area contributed by atoms with Crippen molar-refractivity contribution >= 4 is 17.6 Å². The molecular formula is C21H25N7O3. The van der Waals surface area contributed by atoms with Gasteiger partial charge in [-0.3, -0.25) is 5.32 Å². The lowest BCUT2D eigenvalue weighted by Gasteiger charge is -2.11. The summed E-state index contributed by atoms with van der Waals surface area (Å²) in [5, 5.41) is 24.8. The molecule has 0 aliphatic heterocycles. The summed E-state index contributed by atoms with van der Waals surface area (Å²) in [6.45, 7) is 2.42. The van der Waals surface area contributed by atoms with Crippen molar-refractivity contribution in [2.24, 2.45) is 12.0 Å². The van der Waals surface area contributed by atoms with Crippen LogP contribution >= 0.6 is 0 Å². The second kappa shape index (κ2) is 10.9. The van der Waals surface area contributed by atoms with Gasteiger partial charge in [-0.25, -0.2) is 19.5 Å². The molecule has 2 aromatic heterocycles. The maximum Gasteiger partial charge on any atom is 0.412 e. The summed E-state index contributed by atoms with van der Waals surface area (Å²) in [6, 6.07) is 14.2. The number of tetrazole rings is 1. The zero-order chi connectivity index (χ0) is 22.1. The van der Waals surface area contributed by atoms with E-state index in [0.717, 1.165) is 24.8 Å². The zero-order valence-electron chi connectivity index (χ0n) is 17.5. The van der Waals surface area contributed by atoms with E-state index in [0.29, 0.717) is 18.1 Å². The maximum atomic E-state index is 11.9. The average Bonchev–Trinajstić information content (AvgIpc) is 3.21. The Morgan fingerprint density at radius 1 is 1.19 bits per heavy atom. The summed E-state index contributed by atoms with van der Waals surface area (Å²) in [6.07, 6.45) is 0.964. The minimum absolute atomic E-state index is 0.257. The van der Waals surface area contributed by atoms with Crippen LogP contribution in [0.5, 0.6) is 0 Å². The first-order valence-electron chi connectivity index (χ1n) is 10.0. The number of pyridine rings is 1. The normalized spacial score (nSPS) is 12.4. The number of aryl methyl sites for hydroxylation is 1. The van der Waals surface area contributed by atoms with Gasteiger partial charge in [0.15, 0.2) is 6.23 Å². The molecule has 0 saturated heterocycles. The smallest absolute Gasteiger partial charge is 0.412 e. The highest BCUT2D eigenvalue weighted by atomic mass is 16.5. The molecule has 10 heteroatoms. The van der Waals surface area contributed by atoms with Crippen LogP contribution in [0.3, 0.4) is 0 Å². The number of nitrogens with zero attached hydrogens (tertiary/aromatic N) is 6. The number of anilines is 1. The summed E-state index contributed by atoms with van der Waals surface area (Å²) in [5.41, 5.74) is 1.41. The molecule has 0 fully saturated rings. The lowest BCUT2D eigenvalue weighted by Crippen LogP contribution is -2.16. The molecule has 1 amide bonds. The molecule has 2 N–H and O–H groups in total. The van der Waals surface area contributed by atoms with Crippen LogP contribution in [-0.2, 0) is 11.8 Å². The van der Waals surface area contributed by atoms with Crippen LogP contribution in [0, 0.1) is 0 Å². The van der Waals surface area contributed by atoms with E-state index in [1.807, 2.05) is 30.3 Å². The van der Waals surface area contributed by atoms with Crippen LogP contribution in [0.2, 0.25) is 0 Å². The Bertz CT molecular complexity index is 1020. The predicted octanol–water partition coefficient (Wildman–Crippen LogP) is 2.87. The molecule has 3 rings (SSSR count). The molecule has 0 saturated carbocycles. The Kier molecular flexibility index (Phi) is 7.77. The lowest BCUT2D eigenvalue weighted by molar-refractivity contribution is 0.159. The second-order valence-electron chi connectivity index (χ2n) is 6.76. The number of hydrogen-bond donors (Lipinski definition) is 2. The van der Waals surface area contributed by atoms with Gasteiger partial charge in [-0.05, 0) is 29.0 Å². The number of benzene rings is 1. The number of aliphatic imine (C=N–C) groups is 1. The quantitative estimate of drug-likeness (QED) is 0.400. The van der Waals surface area contributed by atoms with Gasteiger partial charge in [0, 0.05) is 12.6 Å². The third-order valence-corrected chi connectivity index (χ3v) is 4.38. The highest BCUT2D eigenvalue weighted by Crippen LogP contribution is 2.18. The molecule has 1 atom stereocenters. The van der Waals surface area contributed by atoms with Crippen molar-refractivity contribution in [1.29, 1.82) is 0 Å². The van der Waals surface area contributed by atoms with Gasteiger partial charge in [0.25, 0.3) is 0 Å². The number of unbranched alkanes of at least 4 members (excludes halogenated alkanes) is 2. The highest BCUT2D eigenvalue weighted by molar-refractivity contribution is 6.10. The Labute approximate surface area is 180 Å². The number of rotatable bonds is 9. The van der Waals surface area contributed by atoms with Crippen LogP contribution in [-0.4, -0.2) is 48.7 Å². The number of aliphatic hydroxyl groups excluding tert-OH is 1. The third-order valence-electron chi connectivity index (χ3n) is 4.38. The van der Waals surface area contributed by atoms with Gasteiger partial charge in [0.2, 0.25) is 5.82 Å². The number of nitrogens with one attached hydrogen (secondary N) is 1. The van der Waals surface area contributed by atoms with Gasteiger partial charge in [-0.2, -0.15) is 0 Å². The van der Waals surface area contributed by atoms with Crippen molar-refractivity contribution in [3.8, 4) is 0 Å². The van der Waals surface area contributed by atoms with Crippen molar-refractivity contribution in [2.75, 3.05) is 11.9 Å². The van der Waals surface area contributed by atoms with Crippen molar-refractivity contribution in [3.05, 3.63) is 65.6 Å². The Balaban J connectivity index is 1.78. The van der Waals surface area contributed by atoms with Gasteiger partial charge < -0.3 is 9.84 Å². The minimum atomic E-state index is -1.30. The minimum Gasteiger partial charge on any atom is -0.449 e. The summed E-state index contributed by atoms with van der Waals surface area (Å²) in [4.78, 5) is 20.6. The van der Waals surface area contributed by atoms with Crippen molar-refractivity contribution in [3.63, 3.8) is 0 Å². The zero-order valence-corrected chi connectivity index (χ0v) is 17.5. The van der Waals surface area contributed by atoms with Gasteiger partial charge in [-0.15, -0.1) is 5.10 Å². The fraction of sp³-hybridized carbons (Fsp3) is 0.333. The molecule has 0 spiro atoms. The van der Waals surface area contributed by atoms with E-state index in [-0.39, 0.29) is 11.5 Å². The van der Waals surface area contributed by atoms with Crippen molar-refractivity contribution in [1.82, 2.24) is 25.2 Å². The van der Waals surface area contributed by atoms with Gasteiger partial charge in [0.05, 0.1) is 12.3 Å². The van der Waals surface area contributed by atoms with Crippen LogP contribution in [0.1, 0.15) is 49.5 Å². The molecule has 10 nitrogen and oxygen atoms in total. The van der Waals surface area contributed by atoms with E-state index < -0.39 is 12.3 Å². The molecule has 0 aliphatic rings. The number of carbonyl (C=O) groups excluding carboxylic acids is 1. The van der Waals surface area contributed by atoms with E-state index in [4.69, 9.17) is 4.74 Å². The van der Waals surface area contributed by atoms with Crippen LogP contribution < -0.4 is 5.32 Å². The fourth-order valence-electron chi connectivity index (χ4n) is 2.80. The molecule has 0 bridgehead atoms. The second-order valence-corrected chi connectivity index (χ2v) is 6.76. The largest absolute Gasteiger partial charge is 0.449 e. The molecule has 3 aromatic rings. The van der Waals surface area contributed by atoms with Crippen LogP contribution in [0.15, 0.2) is 53.5 Å². The van der Waals surface area contributed by atoms with Crippen molar-refractivity contribution < 1.29 is 14.6 Å². The molecule has 31 heavy (non-hydrogen) atoms. The summed E-state index contributed by atoms with van der Waals surface area (Å²) >= 11 is 0. The topological polar surface area (TPSA) is 127 Å². The van der Waals surface area contributed by atoms with E-state index >= 15 is 0 Å². The molecule has 0 radical (unpaired) electrons. The van der Waals surface area contributed by atoms with Crippen LogP contribution in [0.25, 0.3) is 0 Å². The standard InChI is InChI=1S/C21H25N7O3/c1-3-4-8-14-31-21(30)23-17-13-9-12-16(22-17)20(29)24-18(15-10-6-5-7-11-15)19-25-26-27-28(19)2/h5-7,9-13,20,29H,3-4,8,14H2,1-2H3,(H,22,23,30). The molecule has 2 heterocycles. The number of hydrogen-bond acceptors (Lipinski definition) is 8. The maximum absolute atomic E-state index is 11.9. The average molecular weight is 423 g/mol. The molecule has 1 aromatic carbocycles. The Morgan fingerprint density at radius 2 is 2.00 bits per heavy atom. The van der Waals surface area contributed by atoms with E-state index in [2.05, 4.69) is 37.7 Å². The number of aliphatic hydroxyl groups is 1. The number of carbonyl (C=O) groups is 1. The first-order chi connectivity index (χ1) is 15.1. The SMILES string of the molecule is CCCCCOC(=O)Nc1cccc(C(O)N=C(c2ccccc2)c2nnnn2C)n1. The van der Waals surface area contributed by atoms with Gasteiger partial charge in [0.1, 0.15) is 11.5 Å². The third kappa shape index (κ3) is 6.16. The van der Waals surface area contributed by atoms with Gasteiger partial charge in [-0.1, -0.05) is 56.2 Å². The first-order valence-corrected chi connectivity index (χ1v) is 10.0. The van der Waals surface area contributed by atoms with Crippen molar-refractivity contribution in [2.45, 2.75) is 32.4 Å². The predicted molar refractivity (Wildman–Crippen MR) is 115 cm³/mol. The number of amides is 1. The molecule has 1 unspecified atom stereocenters. The van der Waals surface area contributed by atoms with E-state index in [1.54, 1.807) is 25.2 Å². The highest BCUT2D eigenvalue weighted by Gasteiger charge is 2.18. The summed E-state index contributed by atoms with van der Waals surface area (Å²) in [7, 11) is 1.69. The monoisotopic (exact) mass is 423 g/mol. The Hall–Kier alpha value is -3.66. The van der Waals surface area contributed by atoms with E-state index in [1.165, 1.54) is 4.68 Å². The Morgan fingerprint density at radius 3 is 2.71 bits per heavy atom. The van der Waals surface area contributed by atoms with Gasteiger partial charge >= 0.3 is 6.09 Å². The fourth-order valence-corrected chi connectivity index (χ4v) is 2.80. The summed E-state index contributed by atoms with van der Waals surface area (Å²) in [5.74, 6) is 0.656. The first kappa shape index (κ1) is 22.0. The molecular weight excluding hydrogens is 398 g/mol. The van der Waals surface area contributed by atoms with Crippen LogP contribution in [0.4, 0.5) is 10.6 Å². The van der Waals surface area contributed by atoms with E-state index in [9.17, 15) is 9.90 Å². The number of aromatic nitrogens is 5. The molecule has 162 valence electrons. The summed E-state index contributed by atoms with van der Waals surface area (Å²) < 4.78 is 6.60. The number of ether oxygens (including phenoxy) is 1.